The van der Waals surface area contributed by atoms with E-state index >= 15 is 0 Å². The molecule has 1 saturated carbocycles. The maximum absolute atomic E-state index is 12.9. The average molecular weight is 269 g/mol. The van der Waals surface area contributed by atoms with Crippen LogP contribution in [0.25, 0.3) is 0 Å². The summed E-state index contributed by atoms with van der Waals surface area (Å²) in [6.45, 7) is 0.540. The molecule has 2 aromatic rings. The Balaban J connectivity index is 1.79. The molecule has 0 N–H and O–H groups in total. The van der Waals surface area contributed by atoms with Crippen LogP contribution in [0.5, 0.6) is 0 Å². The second-order valence-corrected chi connectivity index (χ2v) is 5.16. The Kier molecular flexibility index (Phi) is 3.50. The van der Waals surface area contributed by atoms with Crippen molar-refractivity contribution in [2.24, 2.45) is 0 Å². The SMILES string of the molecule is O=C(c1ccccc1)N(Cc1ccc(F)cc1)C1CC1. The molecule has 1 aliphatic rings. The first-order valence-electron chi connectivity index (χ1n) is 6.84. The Morgan fingerprint density at radius 2 is 1.70 bits per heavy atom. The van der Waals surface area contributed by atoms with Gasteiger partial charge in [-0.3, -0.25) is 4.79 Å². The van der Waals surface area contributed by atoms with Gasteiger partial charge in [0.15, 0.2) is 0 Å². The fourth-order valence-corrected chi connectivity index (χ4v) is 2.29. The van der Waals surface area contributed by atoms with Gasteiger partial charge in [-0.25, -0.2) is 4.39 Å². The molecule has 0 aromatic heterocycles. The molecule has 3 rings (SSSR count). The summed E-state index contributed by atoms with van der Waals surface area (Å²) >= 11 is 0. The summed E-state index contributed by atoms with van der Waals surface area (Å²) in [4.78, 5) is 14.4. The van der Waals surface area contributed by atoms with E-state index in [0.29, 0.717) is 18.2 Å². The molecule has 0 radical (unpaired) electrons. The van der Waals surface area contributed by atoms with Gasteiger partial charge in [-0.15, -0.1) is 0 Å². The van der Waals surface area contributed by atoms with Crippen LogP contribution in [0.2, 0.25) is 0 Å². The summed E-state index contributed by atoms with van der Waals surface area (Å²) in [5.41, 5.74) is 1.67. The molecule has 0 unspecified atom stereocenters. The zero-order valence-corrected chi connectivity index (χ0v) is 11.1. The number of halogens is 1. The molecule has 1 amide bonds. The van der Waals surface area contributed by atoms with Gasteiger partial charge in [0.05, 0.1) is 0 Å². The molecule has 1 fully saturated rings. The van der Waals surface area contributed by atoms with Crippen LogP contribution >= 0.6 is 0 Å². The Hall–Kier alpha value is -2.16. The molecule has 0 aliphatic heterocycles. The second kappa shape index (κ2) is 5.45. The number of rotatable bonds is 4. The van der Waals surface area contributed by atoms with Crippen molar-refractivity contribution in [3.8, 4) is 0 Å². The lowest BCUT2D eigenvalue weighted by atomic mass is 10.1. The van der Waals surface area contributed by atoms with E-state index in [9.17, 15) is 9.18 Å². The van der Waals surface area contributed by atoms with Gasteiger partial charge >= 0.3 is 0 Å². The normalized spacial score (nSPS) is 14.1. The van der Waals surface area contributed by atoms with Crippen LogP contribution in [-0.2, 0) is 6.54 Å². The topological polar surface area (TPSA) is 20.3 Å². The van der Waals surface area contributed by atoms with Crippen molar-refractivity contribution in [2.75, 3.05) is 0 Å². The minimum Gasteiger partial charge on any atom is -0.331 e. The van der Waals surface area contributed by atoms with E-state index < -0.39 is 0 Å². The standard InChI is InChI=1S/C17H16FNO/c18-15-8-6-13(7-9-15)12-19(16-10-11-16)17(20)14-4-2-1-3-5-14/h1-9,16H,10-12H2. The molecule has 0 saturated heterocycles. The molecular weight excluding hydrogens is 253 g/mol. The molecule has 102 valence electrons. The highest BCUT2D eigenvalue weighted by Gasteiger charge is 2.32. The molecule has 0 spiro atoms. The third-order valence-electron chi connectivity index (χ3n) is 3.54. The molecule has 2 aromatic carbocycles. The summed E-state index contributed by atoms with van der Waals surface area (Å²) in [5.74, 6) is -0.196. The Bertz CT molecular complexity index is 590. The van der Waals surface area contributed by atoms with E-state index in [1.54, 1.807) is 12.1 Å². The van der Waals surface area contributed by atoms with Gasteiger partial charge in [0, 0.05) is 18.2 Å². The van der Waals surface area contributed by atoms with Gasteiger partial charge < -0.3 is 4.90 Å². The zero-order chi connectivity index (χ0) is 13.9. The third kappa shape index (κ3) is 2.87. The predicted molar refractivity (Wildman–Crippen MR) is 75.7 cm³/mol. The van der Waals surface area contributed by atoms with Crippen molar-refractivity contribution in [3.63, 3.8) is 0 Å². The minimum absolute atomic E-state index is 0.0532. The van der Waals surface area contributed by atoms with E-state index in [2.05, 4.69) is 0 Å². The van der Waals surface area contributed by atoms with Gasteiger partial charge in [-0.05, 0) is 42.7 Å². The van der Waals surface area contributed by atoms with E-state index in [-0.39, 0.29) is 11.7 Å². The quantitative estimate of drug-likeness (QED) is 0.830. The van der Waals surface area contributed by atoms with Gasteiger partial charge in [-0.1, -0.05) is 30.3 Å². The number of hydrogen-bond donors (Lipinski definition) is 0. The highest BCUT2D eigenvalue weighted by atomic mass is 19.1. The molecule has 0 bridgehead atoms. The Morgan fingerprint density at radius 1 is 1.05 bits per heavy atom. The maximum Gasteiger partial charge on any atom is 0.254 e. The first kappa shape index (κ1) is 12.9. The number of hydrogen-bond acceptors (Lipinski definition) is 1. The van der Waals surface area contributed by atoms with Crippen LogP contribution in [-0.4, -0.2) is 16.8 Å². The van der Waals surface area contributed by atoms with Crippen LogP contribution in [0.3, 0.4) is 0 Å². The highest BCUT2D eigenvalue weighted by molar-refractivity contribution is 5.94. The lowest BCUT2D eigenvalue weighted by Gasteiger charge is -2.22. The maximum atomic E-state index is 12.9. The largest absolute Gasteiger partial charge is 0.331 e. The number of benzene rings is 2. The average Bonchev–Trinajstić information content (AvgIpc) is 3.31. The van der Waals surface area contributed by atoms with Crippen molar-refractivity contribution < 1.29 is 9.18 Å². The van der Waals surface area contributed by atoms with Crippen LogP contribution in [0.1, 0.15) is 28.8 Å². The minimum atomic E-state index is -0.249. The smallest absolute Gasteiger partial charge is 0.254 e. The van der Waals surface area contributed by atoms with Crippen LogP contribution in [0.15, 0.2) is 54.6 Å². The lowest BCUT2D eigenvalue weighted by molar-refractivity contribution is 0.0730. The lowest BCUT2D eigenvalue weighted by Crippen LogP contribution is -2.32. The summed E-state index contributed by atoms with van der Waals surface area (Å²) < 4.78 is 12.9. The van der Waals surface area contributed by atoms with Crippen molar-refractivity contribution in [3.05, 3.63) is 71.5 Å². The molecule has 0 heterocycles. The van der Waals surface area contributed by atoms with Gasteiger partial charge in [-0.2, -0.15) is 0 Å². The Morgan fingerprint density at radius 3 is 2.30 bits per heavy atom. The van der Waals surface area contributed by atoms with Crippen molar-refractivity contribution >= 4 is 5.91 Å². The second-order valence-electron chi connectivity index (χ2n) is 5.16. The summed E-state index contributed by atoms with van der Waals surface area (Å²) in [5, 5.41) is 0. The fraction of sp³-hybridized carbons (Fsp3) is 0.235. The van der Waals surface area contributed by atoms with Crippen LogP contribution in [0, 0.1) is 5.82 Å². The molecule has 20 heavy (non-hydrogen) atoms. The molecule has 3 heteroatoms. The van der Waals surface area contributed by atoms with E-state index in [4.69, 9.17) is 0 Å². The summed E-state index contributed by atoms with van der Waals surface area (Å²) in [6, 6.07) is 16.0. The first-order valence-corrected chi connectivity index (χ1v) is 6.84. The molecule has 2 nitrogen and oxygen atoms in total. The third-order valence-corrected chi connectivity index (χ3v) is 3.54. The van der Waals surface area contributed by atoms with Crippen molar-refractivity contribution in [2.45, 2.75) is 25.4 Å². The van der Waals surface area contributed by atoms with E-state index in [0.717, 1.165) is 18.4 Å². The predicted octanol–water partition coefficient (Wildman–Crippen LogP) is 3.63. The van der Waals surface area contributed by atoms with Gasteiger partial charge in [0.25, 0.3) is 5.91 Å². The Labute approximate surface area is 117 Å². The first-order chi connectivity index (χ1) is 9.74. The van der Waals surface area contributed by atoms with Gasteiger partial charge in [0.1, 0.15) is 5.82 Å². The fourth-order valence-electron chi connectivity index (χ4n) is 2.29. The van der Waals surface area contributed by atoms with Crippen molar-refractivity contribution in [1.82, 2.24) is 4.90 Å². The number of carbonyl (C=O) groups excluding carboxylic acids is 1. The van der Waals surface area contributed by atoms with Crippen molar-refractivity contribution in [1.29, 1.82) is 0 Å². The molecular formula is C17H16FNO. The number of amides is 1. The van der Waals surface area contributed by atoms with Gasteiger partial charge in [0.2, 0.25) is 0 Å². The van der Waals surface area contributed by atoms with E-state index in [1.807, 2.05) is 35.2 Å². The number of nitrogens with zero attached hydrogens (tertiary/aromatic N) is 1. The summed E-state index contributed by atoms with van der Waals surface area (Å²) in [7, 11) is 0. The number of carbonyl (C=O) groups is 1. The van der Waals surface area contributed by atoms with Crippen LogP contribution in [0.4, 0.5) is 4.39 Å². The monoisotopic (exact) mass is 269 g/mol. The zero-order valence-electron chi connectivity index (χ0n) is 11.1. The molecule has 1 aliphatic carbocycles. The summed E-state index contributed by atoms with van der Waals surface area (Å²) in [6.07, 6.45) is 2.11. The highest BCUT2D eigenvalue weighted by Crippen LogP contribution is 2.29. The van der Waals surface area contributed by atoms with Crippen LogP contribution < -0.4 is 0 Å². The van der Waals surface area contributed by atoms with E-state index in [1.165, 1.54) is 12.1 Å². The molecule has 0 atom stereocenters.